The summed E-state index contributed by atoms with van der Waals surface area (Å²) in [4.78, 5) is 11.2. The minimum Gasteiger partial charge on any atom is -0.384 e. The number of hydrogen-bond donors (Lipinski definition) is 2. The molecule has 2 rings (SSSR count). The minimum absolute atomic E-state index is 0.315. The lowest BCUT2D eigenvalue weighted by molar-refractivity contribution is -0.128. The molecule has 0 radical (unpaired) electrons. The number of nitrogens with one attached hydrogen (secondary N) is 1. The summed E-state index contributed by atoms with van der Waals surface area (Å²) in [6.45, 7) is 2.03. The average Bonchev–Trinajstić information content (AvgIpc) is 2.72. The number of aliphatic hydroxyl groups is 1. The van der Waals surface area contributed by atoms with Crippen LogP contribution in [0, 0.1) is 0 Å². The molecule has 17 heavy (non-hydrogen) atoms. The normalized spacial score (nSPS) is 12.6. The van der Waals surface area contributed by atoms with Gasteiger partial charge in [-0.05, 0) is 35.7 Å². The lowest BCUT2D eigenvalue weighted by Crippen LogP contribution is -2.33. The third kappa shape index (κ3) is 2.84. The van der Waals surface area contributed by atoms with Gasteiger partial charge < -0.3 is 10.4 Å². The molecule has 1 heterocycles. The summed E-state index contributed by atoms with van der Waals surface area (Å²) < 4.78 is 1.27. The van der Waals surface area contributed by atoms with E-state index in [0.717, 1.165) is 6.42 Å². The van der Waals surface area contributed by atoms with Crippen LogP contribution in [0.1, 0.15) is 12.5 Å². The van der Waals surface area contributed by atoms with Crippen LogP contribution in [0.15, 0.2) is 29.6 Å². The standard InChI is InChI=1S/C13H15NO2S/c1-9(15)13(16)14-7-6-10-8-17-12-5-3-2-4-11(10)12/h2-5,8-9,15H,6-7H2,1H3,(H,14,16). The smallest absolute Gasteiger partial charge is 0.248 e. The third-order valence-corrected chi connectivity index (χ3v) is 3.65. The molecule has 1 unspecified atom stereocenters. The number of thiophene rings is 1. The molecule has 1 aromatic carbocycles. The molecule has 1 aromatic heterocycles. The van der Waals surface area contributed by atoms with Crippen LogP contribution in [-0.2, 0) is 11.2 Å². The van der Waals surface area contributed by atoms with Crippen molar-refractivity contribution < 1.29 is 9.90 Å². The van der Waals surface area contributed by atoms with Crippen LogP contribution >= 0.6 is 11.3 Å². The maximum Gasteiger partial charge on any atom is 0.248 e. The van der Waals surface area contributed by atoms with Crippen molar-refractivity contribution in [1.82, 2.24) is 5.32 Å². The fourth-order valence-corrected chi connectivity index (χ4v) is 2.69. The van der Waals surface area contributed by atoms with Crippen LogP contribution in [0.3, 0.4) is 0 Å². The maximum atomic E-state index is 11.2. The van der Waals surface area contributed by atoms with E-state index in [4.69, 9.17) is 5.11 Å². The zero-order valence-corrected chi connectivity index (χ0v) is 10.5. The van der Waals surface area contributed by atoms with E-state index in [9.17, 15) is 4.79 Å². The van der Waals surface area contributed by atoms with Crippen molar-refractivity contribution >= 4 is 27.3 Å². The molecule has 90 valence electrons. The molecular formula is C13H15NO2S. The Labute approximate surface area is 104 Å². The summed E-state index contributed by atoms with van der Waals surface area (Å²) >= 11 is 1.72. The first-order chi connectivity index (χ1) is 8.18. The van der Waals surface area contributed by atoms with Crippen molar-refractivity contribution in [1.29, 1.82) is 0 Å². The predicted octanol–water partition coefficient (Wildman–Crippen LogP) is 1.94. The summed E-state index contributed by atoms with van der Waals surface area (Å²) in [5.41, 5.74) is 1.25. The second kappa shape index (κ2) is 5.29. The SMILES string of the molecule is CC(O)C(=O)NCCc1csc2ccccc12. The molecule has 4 heteroatoms. The zero-order valence-electron chi connectivity index (χ0n) is 9.64. The molecule has 0 saturated heterocycles. The van der Waals surface area contributed by atoms with Crippen LogP contribution in [0.25, 0.3) is 10.1 Å². The van der Waals surface area contributed by atoms with Crippen molar-refractivity contribution in [3.05, 3.63) is 35.2 Å². The first-order valence-corrected chi connectivity index (χ1v) is 6.47. The fraction of sp³-hybridized carbons (Fsp3) is 0.308. The minimum atomic E-state index is -0.936. The van der Waals surface area contributed by atoms with Crippen LogP contribution in [0.2, 0.25) is 0 Å². The van der Waals surface area contributed by atoms with Crippen molar-refractivity contribution in [2.24, 2.45) is 0 Å². The van der Waals surface area contributed by atoms with E-state index in [2.05, 4.69) is 22.8 Å². The molecule has 0 spiro atoms. The van der Waals surface area contributed by atoms with Gasteiger partial charge in [0.2, 0.25) is 5.91 Å². The van der Waals surface area contributed by atoms with Crippen LogP contribution < -0.4 is 5.32 Å². The Morgan fingerprint density at radius 1 is 1.47 bits per heavy atom. The van der Waals surface area contributed by atoms with Gasteiger partial charge in [0.1, 0.15) is 6.10 Å². The number of benzene rings is 1. The van der Waals surface area contributed by atoms with E-state index in [0.29, 0.717) is 6.54 Å². The number of carbonyl (C=O) groups excluding carboxylic acids is 1. The topological polar surface area (TPSA) is 49.3 Å². The second-order valence-corrected chi connectivity index (χ2v) is 4.89. The first-order valence-electron chi connectivity index (χ1n) is 5.59. The van der Waals surface area contributed by atoms with Gasteiger partial charge in [0.15, 0.2) is 0 Å². The molecule has 0 fully saturated rings. The molecule has 0 saturated carbocycles. The quantitative estimate of drug-likeness (QED) is 0.870. The van der Waals surface area contributed by atoms with Crippen LogP contribution in [-0.4, -0.2) is 23.7 Å². The Morgan fingerprint density at radius 3 is 3.00 bits per heavy atom. The molecule has 1 amide bonds. The zero-order chi connectivity index (χ0) is 12.3. The number of fused-ring (bicyclic) bond motifs is 1. The first kappa shape index (κ1) is 12.1. The Balaban J connectivity index is 1.98. The average molecular weight is 249 g/mol. The molecule has 0 bridgehead atoms. The van der Waals surface area contributed by atoms with E-state index in [1.54, 1.807) is 11.3 Å². The van der Waals surface area contributed by atoms with E-state index in [1.165, 1.54) is 22.6 Å². The summed E-state index contributed by atoms with van der Waals surface area (Å²) in [7, 11) is 0. The fourth-order valence-electron chi connectivity index (χ4n) is 1.69. The van der Waals surface area contributed by atoms with E-state index < -0.39 is 6.10 Å². The predicted molar refractivity (Wildman–Crippen MR) is 70.2 cm³/mol. The second-order valence-electron chi connectivity index (χ2n) is 3.97. The Morgan fingerprint density at radius 2 is 2.24 bits per heavy atom. The van der Waals surface area contributed by atoms with Gasteiger partial charge in [0.05, 0.1) is 0 Å². The summed E-state index contributed by atoms with van der Waals surface area (Å²) in [6.07, 6.45) is -0.142. The number of hydrogen-bond acceptors (Lipinski definition) is 3. The van der Waals surface area contributed by atoms with Gasteiger partial charge in [0, 0.05) is 11.2 Å². The van der Waals surface area contributed by atoms with E-state index in [1.807, 2.05) is 12.1 Å². The Bertz CT molecular complexity index is 519. The highest BCUT2D eigenvalue weighted by atomic mass is 32.1. The van der Waals surface area contributed by atoms with Crippen LogP contribution in [0.4, 0.5) is 0 Å². The molecule has 2 N–H and O–H groups in total. The molecule has 1 atom stereocenters. The highest BCUT2D eigenvalue weighted by Gasteiger charge is 2.08. The monoisotopic (exact) mass is 249 g/mol. The van der Waals surface area contributed by atoms with Crippen molar-refractivity contribution in [2.75, 3.05) is 6.54 Å². The number of amides is 1. The van der Waals surface area contributed by atoms with Crippen molar-refractivity contribution in [3.63, 3.8) is 0 Å². The van der Waals surface area contributed by atoms with Gasteiger partial charge in [0.25, 0.3) is 0 Å². The van der Waals surface area contributed by atoms with Crippen molar-refractivity contribution in [3.8, 4) is 0 Å². The number of carbonyl (C=O) groups is 1. The molecule has 0 aliphatic carbocycles. The lowest BCUT2D eigenvalue weighted by atomic mass is 10.1. The third-order valence-electron chi connectivity index (χ3n) is 2.63. The number of aliphatic hydroxyl groups excluding tert-OH is 1. The van der Waals surface area contributed by atoms with Gasteiger partial charge in [-0.3, -0.25) is 4.79 Å². The summed E-state index contributed by atoms with van der Waals surface area (Å²) in [5, 5.41) is 15.1. The lowest BCUT2D eigenvalue weighted by Gasteiger charge is -2.06. The molecule has 2 aromatic rings. The van der Waals surface area contributed by atoms with E-state index in [-0.39, 0.29) is 5.91 Å². The molecule has 3 nitrogen and oxygen atoms in total. The largest absolute Gasteiger partial charge is 0.384 e. The van der Waals surface area contributed by atoms with E-state index >= 15 is 0 Å². The Kier molecular flexibility index (Phi) is 3.76. The van der Waals surface area contributed by atoms with Gasteiger partial charge in [-0.1, -0.05) is 18.2 Å². The highest BCUT2D eigenvalue weighted by Crippen LogP contribution is 2.25. The molecular weight excluding hydrogens is 234 g/mol. The summed E-state index contributed by atoms with van der Waals surface area (Å²) in [5.74, 6) is -0.315. The van der Waals surface area contributed by atoms with Crippen LogP contribution in [0.5, 0.6) is 0 Å². The maximum absolute atomic E-state index is 11.2. The molecule has 0 aliphatic heterocycles. The van der Waals surface area contributed by atoms with Gasteiger partial charge in [-0.2, -0.15) is 0 Å². The molecule has 0 aliphatic rings. The Hall–Kier alpha value is -1.39. The number of rotatable bonds is 4. The van der Waals surface area contributed by atoms with Crippen molar-refractivity contribution in [2.45, 2.75) is 19.4 Å². The summed E-state index contributed by atoms with van der Waals surface area (Å²) in [6, 6.07) is 8.24. The van der Waals surface area contributed by atoms with Gasteiger partial charge in [-0.25, -0.2) is 0 Å². The highest BCUT2D eigenvalue weighted by molar-refractivity contribution is 7.17. The van der Waals surface area contributed by atoms with Gasteiger partial charge in [-0.15, -0.1) is 11.3 Å². The van der Waals surface area contributed by atoms with Gasteiger partial charge >= 0.3 is 0 Å².